The zero-order chi connectivity index (χ0) is 11.4. The number of carbonyl (C=O) groups is 1. The lowest BCUT2D eigenvalue weighted by Gasteiger charge is -2.11. The molecule has 0 aliphatic rings. The molecule has 3 nitrogen and oxygen atoms in total. The molecule has 82 valence electrons. The third-order valence-electron chi connectivity index (χ3n) is 1.91. The molecule has 0 aliphatic carbocycles. The summed E-state index contributed by atoms with van der Waals surface area (Å²) < 4.78 is 6.85. The standard InChI is InChI=1S/C10H11BrINO2/c1-6(15-2)10(14)13-9-5-7(11)3-4-8(9)12/h3-6H,1-2H3,(H,13,14). The second kappa shape index (κ2) is 5.81. The van der Waals surface area contributed by atoms with Gasteiger partial charge in [-0.15, -0.1) is 0 Å². The minimum absolute atomic E-state index is 0.145. The van der Waals surface area contributed by atoms with Crippen LogP contribution in [0.5, 0.6) is 0 Å². The second-order valence-electron chi connectivity index (χ2n) is 2.99. The molecule has 0 bridgehead atoms. The number of benzene rings is 1. The van der Waals surface area contributed by atoms with Crippen LogP contribution in [0.2, 0.25) is 0 Å². The van der Waals surface area contributed by atoms with Crippen molar-refractivity contribution in [1.29, 1.82) is 0 Å². The van der Waals surface area contributed by atoms with Gasteiger partial charge < -0.3 is 10.1 Å². The van der Waals surface area contributed by atoms with Gasteiger partial charge in [0.25, 0.3) is 5.91 Å². The Balaban J connectivity index is 2.80. The molecule has 1 atom stereocenters. The van der Waals surface area contributed by atoms with Crippen molar-refractivity contribution in [1.82, 2.24) is 0 Å². The monoisotopic (exact) mass is 383 g/mol. The van der Waals surface area contributed by atoms with E-state index in [4.69, 9.17) is 4.74 Å². The fourth-order valence-electron chi connectivity index (χ4n) is 0.935. The van der Waals surface area contributed by atoms with Gasteiger partial charge >= 0.3 is 0 Å². The number of hydrogen-bond donors (Lipinski definition) is 1. The molecule has 5 heteroatoms. The van der Waals surface area contributed by atoms with Gasteiger partial charge in [0.05, 0.1) is 5.69 Å². The van der Waals surface area contributed by atoms with Crippen LogP contribution in [-0.2, 0) is 9.53 Å². The Kier molecular flexibility index (Phi) is 5.01. The van der Waals surface area contributed by atoms with E-state index in [1.54, 1.807) is 6.92 Å². The van der Waals surface area contributed by atoms with Crippen molar-refractivity contribution in [3.63, 3.8) is 0 Å². The number of nitrogens with one attached hydrogen (secondary N) is 1. The van der Waals surface area contributed by atoms with E-state index in [0.717, 1.165) is 13.7 Å². The van der Waals surface area contributed by atoms with Crippen LogP contribution in [0.25, 0.3) is 0 Å². The van der Waals surface area contributed by atoms with Gasteiger partial charge in [0.2, 0.25) is 0 Å². The molecule has 0 aliphatic heterocycles. The van der Waals surface area contributed by atoms with Crippen molar-refractivity contribution >= 4 is 50.1 Å². The van der Waals surface area contributed by atoms with E-state index >= 15 is 0 Å². The Morgan fingerprint density at radius 1 is 1.60 bits per heavy atom. The van der Waals surface area contributed by atoms with E-state index < -0.39 is 6.10 Å². The summed E-state index contributed by atoms with van der Waals surface area (Å²) >= 11 is 5.52. The number of carbonyl (C=O) groups excluding carboxylic acids is 1. The molecule has 0 heterocycles. The fourth-order valence-corrected chi connectivity index (χ4v) is 1.77. The van der Waals surface area contributed by atoms with Crippen LogP contribution in [0.15, 0.2) is 22.7 Å². The molecule has 0 aromatic heterocycles. The van der Waals surface area contributed by atoms with Gasteiger partial charge in [-0.25, -0.2) is 0 Å². The predicted octanol–water partition coefficient (Wildman–Crippen LogP) is 3.03. The summed E-state index contributed by atoms with van der Waals surface area (Å²) in [5.41, 5.74) is 0.791. The van der Waals surface area contributed by atoms with Gasteiger partial charge in [0, 0.05) is 15.2 Å². The lowest BCUT2D eigenvalue weighted by Crippen LogP contribution is -2.26. The van der Waals surface area contributed by atoms with Gasteiger partial charge in [-0.05, 0) is 47.7 Å². The molecular formula is C10H11BrINO2. The number of ether oxygens (including phenoxy) is 1. The van der Waals surface area contributed by atoms with Gasteiger partial charge in [0.15, 0.2) is 0 Å². The molecule has 0 fully saturated rings. The first-order valence-electron chi connectivity index (χ1n) is 4.33. The Morgan fingerprint density at radius 2 is 2.27 bits per heavy atom. The van der Waals surface area contributed by atoms with E-state index in [0.29, 0.717) is 0 Å². The lowest BCUT2D eigenvalue weighted by atomic mass is 10.3. The minimum Gasteiger partial charge on any atom is -0.372 e. The van der Waals surface area contributed by atoms with Crippen molar-refractivity contribution in [3.8, 4) is 0 Å². The molecule has 15 heavy (non-hydrogen) atoms. The van der Waals surface area contributed by atoms with Crippen LogP contribution in [0, 0.1) is 3.57 Å². The summed E-state index contributed by atoms with van der Waals surface area (Å²) in [7, 11) is 1.51. The summed E-state index contributed by atoms with van der Waals surface area (Å²) in [4.78, 5) is 11.6. The molecule has 0 saturated carbocycles. The van der Waals surface area contributed by atoms with E-state index in [2.05, 4.69) is 43.8 Å². The van der Waals surface area contributed by atoms with Crippen molar-refractivity contribution in [2.24, 2.45) is 0 Å². The van der Waals surface area contributed by atoms with E-state index in [1.807, 2.05) is 18.2 Å². The molecule has 1 aromatic carbocycles. The van der Waals surface area contributed by atoms with Crippen molar-refractivity contribution in [2.45, 2.75) is 13.0 Å². The summed E-state index contributed by atoms with van der Waals surface area (Å²) in [6.45, 7) is 1.71. The Morgan fingerprint density at radius 3 is 2.87 bits per heavy atom. The van der Waals surface area contributed by atoms with Crippen LogP contribution < -0.4 is 5.32 Å². The smallest absolute Gasteiger partial charge is 0.253 e. The lowest BCUT2D eigenvalue weighted by molar-refractivity contribution is -0.124. The first-order chi connectivity index (χ1) is 7.04. The SMILES string of the molecule is COC(C)C(=O)Nc1cc(Br)ccc1I. The number of halogens is 2. The number of methoxy groups -OCH3 is 1. The molecule has 1 aromatic rings. The van der Waals surface area contributed by atoms with Crippen molar-refractivity contribution < 1.29 is 9.53 Å². The highest BCUT2D eigenvalue weighted by Crippen LogP contribution is 2.23. The highest BCUT2D eigenvalue weighted by atomic mass is 127. The van der Waals surface area contributed by atoms with Crippen LogP contribution in [-0.4, -0.2) is 19.1 Å². The largest absolute Gasteiger partial charge is 0.372 e. The Hall–Kier alpha value is -0.140. The van der Waals surface area contributed by atoms with Crippen molar-refractivity contribution in [3.05, 3.63) is 26.2 Å². The molecule has 1 rings (SSSR count). The van der Waals surface area contributed by atoms with Gasteiger partial charge in [-0.3, -0.25) is 4.79 Å². The molecule has 0 radical (unpaired) electrons. The summed E-state index contributed by atoms with van der Waals surface area (Å²) in [6, 6.07) is 5.72. The topological polar surface area (TPSA) is 38.3 Å². The Bertz CT molecular complexity index is 370. The first kappa shape index (κ1) is 12.9. The molecular weight excluding hydrogens is 373 g/mol. The maximum absolute atomic E-state index is 11.6. The highest BCUT2D eigenvalue weighted by molar-refractivity contribution is 14.1. The van der Waals surface area contributed by atoms with Crippen LogP contribution >= 0.6 is 38.5 Å². The average molecular weight is 384 g/mol. The first-order valence-corrected chi connectivity index (χ1v) is 6.20. The zero-order valence-electron chi connectivity index (χ0n) is 8.38. The van der Waals surface area contributed by atoms with E-state index in [1.165, 1.54) is 7.11 Å². The average Bonchev–Trinajstić information content (AvgIpc) is 2.22. The van der Waals surface area contributed by atoms with Gasteiger partial charge in [-0.1, -0.05) is 15.9 Å². The van der Waals surface area contributed by atoms with Crippen LogP contribution in [0.4, 0.5) is 5.69 Å². The summed E-state index contributed by atoms with van der Waals surface area (Å²) in [5, 5.41) is 2.80. The molecule has 1 amide bonds. The molecule has 0 spiro atoms. The number of rotatable bonds is 3. The second-order valence-corrected chi connectivity index (χ2v) is 5.07. The van der Waals surface area contributed by atoms with Crippen LogP contribution in [0.3, 0.4) is 0 Å². The minimum atomic E-state index is -0.445. The van der Waals surface area contributed by atoms with Crippen LogP contribution in [0.1, 0.15) is 6.92 Å². The summed E-state index contributed by atoms with van der Waals surface area (Å²) in [5.74, 6) is -0.145. The molecule has 0 saturated heterocycles. The van der Waals surface area contributed by atoms with Gasteiger partial charge in [0.1, 0.15) is 6.10 Å². The number of anilines is 1. The van der Waals surface area contributed by atoms with Crippen molar-refractivity contribution in [2.75, 3.05) is 12.4 Å². The zero-order valence-corrected chi connectivity index (χ0v) is 12.1. The van der Waals surface area contributed by atoms with E-state index in [-0.39, 0.29) is 5.91 Å². The maximum Gasteiger partial charge on any atom is 0.253 e. The molecule has 1 N–H and O–H groups in total. The maximum atomic E-state index is 11.6. The number of amides is 1. The predicted molar refractivity (Wildman–Crippen MR) is 72.0 cm³/mol. The highest BCUT2D eigenvalue weighted by Gasteiger charge is 2.12. The van der Waals surface area contributed by atoms with Gasteiger partial charge in [-0.2, -0.15) is 0 Å². The number of hydrogen-bond acceptors (Lipinski definition) is 2. The normalized spacial score (nSPS) is 12.3. The summed E-state index contributed by atoms with van der Waals surface area (Å²) in [6.07, 6.45) is -0.445. The molecule has 1 unspecified atom stereocenters. The third kappa shape index (κ3) is 3.73. The van der Waals surface area contributed by atoms with E-state index in [9.17, 15) is 4.79 Å². The third-order valence-corrected chi connectivity index (χ3v) is 3.34. The Labute approximate surface area is 111 Å². The fraction of sp³-hybridized carbons (Fsp3) is 0.300. The quantitative estimate of drug-likeness (QED) is 0.815.